The molecule has 2 unspecified atom stereocenters. The Bertz CT molecular complexity index is 420. The van der Waals surface area contributed by atoms with Crippen molar-refractivity contribution in [1.29, 1.82) is 0 Å². The zero-order chi connectivity index (χ0) is 16.7. The summed E-state index contributed by atoms with van der Waals surface area (Å²) in [6, 6.07) is 0. The zero-order valence-corrected chi connectivity index (χ0v) is 17.3. The lowest BCUT2D eigenvalue weighted by Gasteiger charge is -2.42. The summed E-state index contributed by atoms with van der Waals surface area (Å²) in [5, 5.41) is 3.32. The highest BCUT2D eigenvalue weighted by atomic mass is 127. The number of hydrogen-bond acceptors (Lipinski definition) is 4. The van der Waals surface area contributed by atoms with Crippen molar-refractivity contribution in [1.82, 2.24) is 15.1 Å². The van der Waals surface area contributed by atoms with Gasteiger partial charge in [-0.1, -0.05) is 0 Å². The van der Waals surface area contributed by atoms with E-state index in [-0.39, 0.29) is 36.4 Å². The number of carbonyl (C=O) groups is 1. The molecule has 24 heavy (non-hydrogen) atoms. The number of rotatable bonds is 5. The van der Waals surface area contributed by atoms with Gasteiger partial charge in [-0.3, -0.25) is 4.79 Å². The number of fused-ring (bicyclic) bond motifs is 1. The average molecular weight is 454 g/mol. The summed E-state index contributed by atoms with van der Waals surface area (Å²) in [6.07, 6.45) is 3.77. The van der Waals surface area contributed by atoms with Crippen LogP contribution < -0.4 is 5.32 Å². The largest absolute Gasteiger partial charge is 0.383 e. The lowest BCUT2D eigenvalue weighted by molar-refractivity contribution is -0.127. The maximum Gasteiger partial charge on any atom is 0.243 e. The standard InChI is InChI=1S/C16H30N4O3.HI/c1-19(2)15(21)11-18-16(17-7-10-22-3)20-8-6-14-13(12-20)5-4-9-23-14;/h13-14H,4-12H2,1-3H3,(H,17,18);1H. The van der Waals surface area contributed by atoms with Crippen molar-refractivity contribution in [3.8, 4) is 0 Å². The van der Waals surface area contributed by atoms with Crippen molar-refractivity contribution in [3.05, 3.63) is 0 Å². The smallest absolute Gasteiger partial charge is 0.243 e. The SMILES string of the molecule is COCCNC(=NCC(=O)N(C)C)N1CCC2OCCCC2C1.I. The van der Waals surface area contributed by atoms with Gasteiger partial charge in [-0.15, -0.1) is 24.0 Å². The summed E-state index contributed by atoms with van der Waals surface area (Å²) < 4.78 is 11.0. The summed E-state index contributed by atoms with van der Waals surface area (Å²) in [6.45, 7) is 4.22. The fourth-order valence-electron chi connectivity index (χ4n) is 3.10. The van der Waals surface area contributed by atoms with Crippen LogP contribution in [-0.2, 0) is 14.3 Å². The first-order valence-corrected chi connectivity index (χ1v) is 8.45. The molecule has 2 rings (SSSR count). The van der Waals surface area contributed by atoms with Gasteiger partial charge in [-0.25, -0.2) is 4.99 Å². The van der Waals surface area contributed by atoms with Gasteiger partial charge in [0.1, 0.15) is 6.54 Å². The van der Waals surface area contributed by atoms with Gasteiger partial charge in [0.25, 0.3) is 0 Å². The minimum absolute atomic E-state index is 0. The summed E-state index contributed by atoms with van der Waals surface area (Å²) >= 11 is 0. The van der Waals surface area contributed by atoms with E-state index in [9.17, 15) is 4.79 Å². The van der Waals surface area contributed by atoms with Crippen LogP contribution in [0.2, 0.25) is 0 Å². The molecular formula is C16H31IN4O3. The lowest BCUT2D eigenvalue weighted by Crippen LogP contribution is -2.52. The quantitative estimate of drug-likeness (QED) is 0.288. The predicted molar refractivity (Wildman–Crippen MR) is 105 cm³/mol. The van der Waals surface area contributed by atoms with Crippen LogP contribution in [0.5, 0.6) is 0 Å². The van der Waals surface area contributed by atoms with Crippen LogP contribution in [0, 0.1) is 5.92 Å². The number of hydrogen-bond donors (Lipinski definition) is 1. The van der Waals surface area contributed by atoms with Crippen LogP contribution in [0.4, 0.5) is 0 Å². The van der Waals surface area contributed by atoms with Crippen LogP contribution in [-0.4, -0.2) is 88.4 Å². The Balaban J connectivity index is 0.00000288. The Morgan fingerprint density at radius 2 is 2.21 bits per heavy atom. The number of nitrogens with one attached hydrogen (secondary N) is 1. The van der Waals surface area contributed by atoms with Crippen LogP contribution in [0.25, 0.3) is 0 Å². The molecule has 0 aromatic rings. The van der Waals surface area contributed by atoms with Gasteiger partial charge in [0.15, 0.2) is 5.96 Å². The maximum atomic E-state index is 11.8. The Morgan fingerprint density at radius 3 is 2.92 bits per heavy atom. The highest BCUT2D eigenvalue weighted by Crippen LogP contribution is 2.28. The predicted octanol–water partition coefficient (Wildman–Crippen LogP) is 0.786. The monoisotopic (exact) mass is 454 g/mol. The number of amides is 1. The van der Waals surface area contributed by atoms with E-state index in [0.717, 1.165) is 38.5 Å². The number of likely N-dealkylation sites (tertiary alicyclic amines) is 1. The van der Waals surface area contributed by atoms with E-state index >= 15 is 0 Å². The van der Waals surface area contributed by atoms with Gasteiger partial charge in [-0.05, 0) is 19.3 Å². The second-order valence-corrected chi connectivity index (χ2v) is 6.39. The molecule has 0 aromatic heterocycles. The van der Waals surface area contributed by atoms with E-state index in [1.165, 1.54) is 6.42 Å². The molecule has 0 bridgehead atoms. The molecule has 0 aliphatic carbocycles. The number of carbonyl (C=O) groups excluding carboxylic acids is 1. The molecular weight excluding hydrogens is 423 g/mol. The van der Waals surface area contributed by atoms with E-state index < -0.39 is 0 Å². The highest BCUT2D eigenvalue weighted by Gasteiger charge is 2.33. The topological polar surface area (TPSA) is 66.4 Å². The Labute approximate surface area is 162 Å². The fourth-order valence-corrected chi connectivity index (χ4v) is 3.10. The third-order valence-electron chi connectivity index (χ3n) is 4.47. The van der Waals surface area contributed by atoms with Gasteiger partial charge < -0.3 is 24.6 Å². The molecule has 2 aliphatic rings. The van der Waals surface area contributed by atoms with Gasteiger partial charge in [0.05, 0.1) is 12.7 Å². The van der Waals surface area contributed by atoms with Gasteiger partial charge >= 0.3 is 0 Å². The normalized spacial score (nSPS) is 24.0. The molecule has 1 amide bonds. The number of halogens is 1. The molecule has 2 aliphatic heterocycles. The van der Waals surface area contributed by atoms with Gasteiger partial charge in [0, 0.05) is 53.4 Å². The highest BCUT2D eigenvalue weighted by molar-refractivity contribution is 14.0. The van der Waals surface area contributed by atoms with Crippen molar-refractivity contribution in [2.24, 2.45) is 10.9 Å². The molecule has 0 aromatic carbocycles. The van der Waals surface area contributed by atoms with Crippen LogP contribution >= 0.6 is 24.0 Å². The first kappa shape index (κ1) is 21.4. The first-order chi connectivity index (χ1) is 11.1. The second-order valence-electron chi connectivity index (χ2n) is 6.39. The van der Waals surface area contributed by atoms with E-state index in [0.29, 0.717) is 25.2 Å². The minimum atomic E-state index is 0. The lowest BCUT2D eigenvalue weighted by atomic mass is 9.88. The van der Waals surface area contributed by atoms with Crippen molar-refractivity contribution < 1.29 is 14.3 Å². The van der Waals surface area contributed by atoms with E-state index in [1.54, 1.807) is 26.1 Å². The Morgan fingerprint density at radius 1 is 1.42 bits per heavy atom. The van der Waals surface area contributed by atoms with Crippen LogP contribution in [0.3, 0.4) is 0 Å². The van der Waals surface area contributed by atoms with Gasteiger partial charge in [0.2, 0.25) is 5.91 Å². The third kappa shape index (κ3) is 6.36. The van der Waals surface area contributed by atoms with Crippen molar-refractivity contribution in [2.75, 3.05) is 60.6 Å². The van der Waals surface area contributed by atoms with Crippen molar-refractivity contribution in [3.63, 3.8) is 0 Å². The molecule has 0 radical (unpaired) electrons. The molecule has 8 heteroatoms. The number of piperidine rings is 1. The van der Waals surface area contributed by atoms with E-state index in [4.69, 9.17) is 9.47 Å². The number of nitrogens with zero attached hydrogens (tertiary/aromatic N) is 3. The first-order valence-electron chi connectivity index (χ1n) is 8.45. The fraction of sp³-hybridized carbons (Fsp3) is 0.875. The molecule has 2 fully saturated rings. The van der Waals surface area contributed by atoms with Gasteiger partial charge in [-0.2, -0.15) is 0 Å². The van der Waals surface area contributed by atoms with E-state index in [2.05, 4.69) is 15.2 Å². The molecule has 2 heterocycles. The number of methoxy groups -OCH3 is 1. The Kier molecular flexibility index (Phi) is 9.91. The molecule has 1 N–H and O–H groups in total. The van der Waals surface area contributed by atoms with Crippen molar-refractivity contribution in [2.45, 2.75) is 25.4 Å². The number of guanidine groups is 1. The number of ether oxygens (including phenoxy) is 2. The second kappa shape index (κ2) is 11.1. The van der Waals surface area contributed by atoms with Crippen LogP contribution in [0.15, 0.2) is 4.99 Å². The summed E-state index contributed by atoms with van der Waals surface area (Å²) in [4.78, 5) is 20.2. The molecule has 7 nitrogen and oxygen atoms in total. The molecule has 0 spiro atoms. The maximum absolute atomic E-state index is 11.8. The summed E-state index contributed by atoms with van der Waals surface area (Å²) in [5.41, 5.74) is 0. The molecule has 0 saturated carbocycles. The number of aliphatic imine (C=N–C) groups is 1. The third-order valence-corrected chi connectivity index (χ3v) is 4.47. The minimum Gasteiger partial charge on any atom is -0.383 e. The molecule has 2 atom stereocenters. The average Bonchev–Trinajstić information content (AvgIpc) is 2.57. The summed E-state index contributed by atoms with van der Waals surface area (Å²) in [7, 11) is 5.18. The van der Waals surface area contributed by atoms with Crippen LogP contribution in [0.1, 0.15) is 19.3 Å². The van der Waals surface area contributed by atoms with Crippen molar-refractivity contribution >= 4 is 35.8 Å². The summed E-state index contributed by atoms with van der Waals surface area (Å²) in [5.74, 6) is 1.38. The van der Waals surface area contributed by atoms with E-state index in [1.807, 2.05) is 0 Å². The number of likely N-dealkylation sites (N-methyl/N-ethyl adjacent to an activating group) is 1. The zero-order valence-electron chi connectivity index (χ0n) is 15.0. The Hall–Kier alpha value is -0.610. The molecule has 2 saturated heterocycles. The molecule has 140 valence electrons.